The first-order valence-corrected chi connectivity index (χ1v) is 7.23. The number of nitrogens with zero attached hydrogens (tertiary/aromatic N) is 1. The van der Waals surface area contributed by atoms with Crippen molar-refractivity contribution in [3.8, 4) is 28.1 Å². The van der Waals surface area contributed by atoms with Crippen molar-refractivity contribution in [2.45, 2.75) is 6.92 Å². The number of aromatic amines is 1. The van der Waals surface area contributed by atoms with Gasteiger partial charge in [-0.25, -0.2) is 0 Å². The second kappa shape index (κ2) is 6.36. The Bertz CT molecular complexity index is 826. The van der Waals surface area contributed by atoms with Gasteiger partial charge in [0.05, 0.1) is 18.5 Å². The molecule has 0 aliphatic heterocycles. The van der Waals surface area contributed by atoms with Crippen molar-refractivity contribution in [2.75, 3.05) is 12.4 Å². The van der Waals surface area contributed by atoms with Crippen LogP contribution in [-0.4, -0.2) is 23.2 Å². The van der Waals surface area contributed by atoms with Gasteiger partial charge < -0.3 is 10.1 Å². The third kappa shape index (κ3) is 3.23. The SMILES string of the molecule is COc1cc(-c2cccc(-c3ccn[nH]3)c2)ccc1NC(C)=O. The number of rotatable bonds is 4. The van der Waals surface area contributed by atoms with Gasteiger partial charge in [-0.3, -0.25) is 9.89 Å². The molecule has 0 bridgehead atoms. The molecule has 0 saturated heterocycles. The minimum Gasteiger partial charge on any atom is -0.495 e. The molecule has 2 aromatic carbocycles. The van der Waals surface area contributed by atoms with E-state index < -0.39 is 0 Å². The van der Waals surface area contributed by atoms with Gasteiger partial charge in [-0.1, -0.05) is 24.3 Å². The molecule has 23 heavy (non-hydrogen) atoms. The van der Waals surface area contributed by atoms with Crippen LogP contribution >= 0.6 is 0 Å². The highest BCUT2D eigenvalue weighted by molar-refractivity contribution is 5.91. The Morgan fingerprint density at radius 3 is 2.57 bits per heavy atom. The third-order valence-electron chi connectivity index (χ3n) is 3.52. The number of methoxy groups -OCH3 is 1. The molecule has 0 spiro atoms. The molecule has 0 aliphatic rings. The fourth-order valence-corrected chi connectivity index (χ4v) is 2.45. The summed E-state index contributed by atoms with van der Waals surface area (Å²) in [6.07, 6.45) is 1.73. The van der Waals surface area contributed by atoms with E-state index in [-0.39, 0.29) is 5.91 Å². The van der Waals surface area contributed by atoms with Gasteiger partial charge in [0.1, 0.15) is 5.75 Å². The summed E-state index contributed by atoms with van der Waals surface area (Å²) in [5.41, 5.74) is 4.76. The summed E-state index contributed by atoms with van der Waals surface area (Å²) in [7, 11) is 1.59. The van der Waals surface area contributed by atoms with Crippen molar-refractivity contribution < 1.29 is 9.53 Å². The summed E-state index contributed by atoms with van der Waals surface area (Å²) in [5, 5.41) is 9.71. The van der Waals surface area contributed by atoms with E-state index in [1.165, 1.54) is 6.92 Å². The highest BCUT2D eigenvalue weighted by Crippen LogP contribution is 2.32. The van der Waals surface area contributed by atoms with Crippen LogP contribution in [0, 0.1) is 0 Å². The number of amides is 1. The Morgan fingerprint density at radius 1 is 1.09 bits per heavy atom. The molecule has 0 radical (unpaired) electrons. The van der Waals surface area contributed by atoms with Crippen LogP contribution in [-0.2, 0) is 4.79 Å². The van der Waals surface area contributed by atoms with Crippen LogP contribution in [0.15, 0.2) is 54.7 Å². The zero-order valence-corrected chi connectivity index (χ0v) is 13.0. The highest BCUT2D eigenvalue weighted by Gasteiger charge is 2.08. The van der Waals surface area contributed by atoms with Gasteiger partial charge in [-0.15, -0.1) is 0 Å². The van der Waals surface area contributed by atoms with Crippen LogP contribution in [0.1, 0.15) is 6.92 Å². The van der Waals surface area contributed by atoms with E-state index in [1.54, 1.807) is 13.3 Å². The summed E-state index contributed by atoms with van der Waals surface area (Å²) in [5.74, 6) is 0.502. The fourth-order valence-electron chi connectivity index (χ4n) is 2.45. The standard InChI is InChI=1S/C18H17N3O2/c1-12(22)20-17-7-6-14(11-18(17)23-2)13-4-3-5-15(10-13)16-8-9-19-21-16/h3-11H,1-2H3,(H,19,21)(H,20,22). The lowest BCUT2D eigenvalue weighted by Crippen LogP contribution is -2.07. The molecule has 1 heterocycles. The van der Waals surface area contributed by atoms with Gasteiger partial charge in [0, 0.05) is 18.7 Å². The zero-order chi connectivity index (χ0) is 16.2. The molecule has 1 aromatic heterocycles. The summed E-state index contributed by atoms with van der Waals surface area (Å²) in [6.45, 7) is 1.47. The van der Waals surface area contributed by atoms with Crippen molar-refractivity contribution in [1.82, 2.24) is 10.2 Å². The van der Waals surface area contributed by atoms with Crippen LogP contribution < -0.4 is 10.1 Å². The smallest absolute Gasteiger partial charge is 0.221 e. The molecule has 0 aliphatic carbocycles. The van der Waals surface area contributed by atoms with Gasteiger partial charge in [-0.2, -0.15) is 5.10 Å². The van der Waals surface area contributed by atoms with Crippen LogP contribution in [0.5, 0.6) is 5.75 Å². The maximum absolute atomic E-state index is 11.2. The number of aromatic nitrogens is 2. The van der Waals surface area contributed by atoms with Crippen molar-refractivity contribution in [1.29, 1.82) is 0 Å². The maximum Gasteiger partial charge on any atom is 0.221 e. The lowest BCUT2D eigenvalue weighted by Gasteiger charge is -2.11. The van der Waals surface area contributed by atoms with E-state index in [4.69, 9.17) is 4.74 Å². The molecular formula is C18H17N3O2. The monoisotopic (exact) mass is 307 g/mol. The lowest BCUT2D eigenvalue weighted by atomic mass is 10.0. The molecule has 0 saturated carbocycles. The van der Waals surface area contributed by atoms with E-state index in [1.807, 2.05) is 42.5 Å². The summed E-state index contributed by atoms with van der Waals surface area (Å²) in [6, 6.07) is 15.8. The Morgan fingerprint density at radius 2 is 1.87 bits per heavy atom. The molecule has 1 amide bonds. The number of H-pyrrole nitrogens is 1. The zero-order valence-electron chi connectivity index (χ0n) is 13.0. The van der Waals surface area contributed by atoms with Gasteiger partial charge in [0.25, 0.3) is 0 Å². The number of anilines is 1. The number of hydrogen-bond donors (Lipinski definition) is 2. The number of carbonyl (C=O) groups excluding carboxylic acids is 1. The number of ether oxygens (including phenoxy) is 1. The molecule has 116 valence electrons. The minimum absolute atomic E-state index is 0.128. The summed E-state index contributed by atoms with van der Waals surface area (Å²) in [4.78, 5) is 11.2. The minimum atomic E-state index is -0.128. The predicted molar refractivity (Wildman–Crippen MR) is 90.3 cm³/mol. The first-order chi connectivity index (χ1) is 11.2. The van der Waals surface area contributed by atoms with Crippen molar-refractivity contribution >= 4 is 11.6 Å². The average Bonchev–Trinajstić information content (AvgIpc) is 3.09. The van der Waals surface area contributed by atoms with E-state index >= 15 is 0 Å². The Balaban J connectivity index is 1.99. The fraction of sp³-hybridized carbons (Fsp3) is 0.111. The van der Waals surface area contributed by atoms with Crippen LogP contribution in [0.25, 0.3) is 22.4 Å². The first kappa shape index (κ1) is 14.8. The van der Waals surface area contributed by atoms with Crippen LogP contribution in [0.4, 0.5) is 5.69 Å². The molecule has 2 N–H and O–H groups in total. The Kier molecular flexibility index (Phi) is 4.10. The number of nitrogens with one attached hydrogen (secondary N) is 2. The molecule has 0 atom stereocenters. The van der Waals surface area contributed by atoms with E-state index in [0.717, 1.165) is 22.4 Å². The molecule has 3 aromatic rings. The quantitative estimate of drug-likeness (QED) is 0.772. The molecule has 3 rings (SSSR count). The highest BCUT2D eigenvalue weighted by atomic mass is 16.5. The van der Waals surface area contributed by atoms with Crippen molar-refractivity contribution in [3.05, 3.63) is 54.7 Å². The second-order valence-electron chi connectivity index (χ2n) is 5.15. The van der Waals surface area contributed by atoms with E-state index in [0.29, 0.717) is 11.4 Å². The number of benzene rings is 2. The van der Waals surface area contributed by atoms with Crippen LogP contribution in [0.2, 0.25) is 0 Å². The number of hydrogen-bond acceptors (Lipinski definition) is 3. The van der Waals surface area contributed by atoms with Crippen molar-refractivity contribution in [2.24, 2.45) is 0 Å². The molecule has 5 heteroatoms. The molecule has 0 unspecified atom stereocenters. The van der Waals surface area contributed by atoms with Gasteiger partial charge >= 0.3 is 0 Å². The summed E-state index contributed by atoms with van der Waals surface area (Å²) < 4.78 is 5.38. The Labute approximate surface area is 134 Å². The van der Waals surface area contributed by atoms with Gasteiger partial charge in [-0.05, 0) is 35.4 Å². The lowest BCUT2D eigenvalue weighted by molar-refractivity contribution is -0.114. The summed E-state index contributed by atoms with van der Waals surface area (Å²) >= 11 is 0. The molecular weight excluding hydrogens is 290 g/mol. The molecule has 5 nitrogen and oxygen atoms in total. The van der Waals surface area contributed by atoms with E-state index in [2.05, 4.69) is 21.6 Å². The first-order valence-electron chi connectivity index (χ1n) is 7.23. The maximum atomic E-state index is 11.2. The normalized spacial score (nSPS) is 10.3. The van der Waals surface area contributed by atoms with Gasteiger partial charge in [0.15, 0.2) is 0 Å². The number of carbonyl (C=O) groups is 1. The van der Waals surface area contributed by atoms with Crippen LogP contribution in [0.3, 0.4) is 0 Å². The predicted octanol–water partition coefficient (Wildman–Crippen LogP) is 3.71. The largest absolute Gasteiger partial charge is 0.495 e. The van der Waals surface area contributed by atoms with Gasteiger partial charge in [0.2, 0.25) is 5.91 Å². The Hall–Kier alpha value is -3.08. The third-order valence-corrected chi connectivity index (χ3v) is 3.52. The molecule has 0 fully saturated rings. The van der Waals surface area contributed by atoms with Crippen molar-refractivity contribution in [3.63, 3.8) is 0 Å². The average molecular weight is 307 g/mol. The van der Waals surface area contributed by atoms with E-state index in [9.17, 15) is 4.79 Å². The topological polar surface area (TPSA) is 67.0 Å². The second-order valence-corrected chi connectivity index (χ2v) is 5.15.